The van der Waals surface area contributed by atoms with Gasteiger partial charge in [-0.05, 0) is 36.8 Å². The average Bonchev–Trinajstić information content (AvgIpc) is 3.03. The Morgan fingerprint density at radius 2 is 2.04 bits per heavy atom. The number of hydrogen-bond acceptors (Lipinski definition) is 5. The summed E-state index contributed by atoms with van der Waals surface area (Å²) in [5.41, 5.74) is 8.23. The van der Waals surface area contributed by atoms with E-state index in [0.717, 1.165) is 5.69 Å². The normalized spacial score (nSPS) is 15.7. The van der Waals surface area contributed by atoms with Crippen molar-refractivity contribution in [3.63, 3.8) is 0 Å². The van der Waals surface area contributed by atoms with Gasteiger partial charge in [0, 0.05) is 11.3 Å². The topological polar surface area (TPSA) is 97.0 Å². The molecule has 1 atom stereocenters. The number of rotatable bonds is 3. The van der Waals surface area contributed by atoms with Gasteiger partial charge >= 0.3 is 0 Å². The first kappa shape index (κ1) is 16.7. The van der Waals surface area contributed by atoms with Crippen LogP contribution >= 0.6 is 0 Å². The lowest BCUT2D eigenvalue weighted by atomic mass is 9.84. The molecule has 134 valence electrons. The van der Waals surface area contributed by atoms with E-state index in [1.807, 2.05) is 13.0 Å². The fourth-order valence-corrected chi connectivity index (χ4v) is 3.13. The SMILES string of the molecule is Cc1[nH]nc2c1[C@H](c1ccc(F)c(Oc3ccccc3)c1)C(C#N)=C(N)O2. The number of allylic oxidation sites excluding steroid dienone is 1. The van der Waals surface area contributed by atoms with Gasteiger partial charge in [-0.2, -0.15) is 5.26 Å². The van der Waals surface area contributed by atoms with Crippen molar-refractivity contribution in [1.29, 1.82) is 5.26 Å². The van der Waals surface area contributed by atoms with Gasteiger partial charge in [-0.25, -0.2) is 4.39 Å². The number of benzene rings is 2. The van der Waals surface area contributed by atoms with Crippen molar-refractivity contribution < 1.29 is 13.9 Å². The summed E-state index contributed by atoms with van der Waals surface area (Å²) < 4.78 is 25.4. The summed E-state index contributed by atoms with van der Waals surface area (Å²) in [6.07, 6.45) is 0. The Morgan fingerprint density at radius 1 is 1.26 bits per heavy atom. The highest BCUT2D eigenvalue weighted by Crippen LogP contribution is 2.43. The van der Waals surface area contributed by atoms with Crippen molar-refractivity contribution in [3.8, 4) is 23.4 Å². The first-order chi connectivity index (χ1) is 13.1. The summed E-state index contributed by atoms with van der Waals surface area (Å²) in [4.78, 5) is 0. The van der Waals surface area contributed by atoms with E-state index in [1.54, 1.807) is 36.4 Å². The van der Waals surface area contributed by atoms with Crippen molar-refractivity contribution in [1.82, 2.24) is 10.2 Å². The largest absolute Gasteiger partial charge is 0.454 e. The van der Waals surface area contributed by atoms with E-state index in [1.165, 1.54) is 6.07 Å². The highest BCUT2D eigenvalue weighted by atomic mass is 19.1. The third-order valence-corrected chi connectivity index (χ3v) is 4.39. The Hall–Kier alpha value is -3.79. The van der Waals surface area contributed by atoms with Gasteiger partial charge in [0.15, 0.2) is 11.6 Å². The zero-order valence-corrected chi connectivity index (χ0v) is 14.4. The lowest BCUT2D eigenvalue weighted by Gasteiger charge is -2.24. The van der Waals surface area contributed by atoms with Crippen LogP contribution in [0.2, 0.25) is 0 Å². The Kier molecular flexibility index (Phi) is 4.01. The number of ether oxygens (including phenoxy) is 2. The van der Waals surface area contributed by atoms with Crippen LogP contribution in [-0.2, 0) is 0 Å². The summed E-state index contributed by atoms with van der Waals surface area (Å²) in [5.74, 6) is -0.175. The van der Waals surface area contributed by atoms with Gasteiger partial charge in [-0.3, -0.25) is 5.10 Å². The van der Waals surface area contributed by atoms with Crippen LogP contribution < -0.4 is 15.2 Å². The van der Waals surface area contributed by atoms with Crippen LogP contribution in [-0.4, -0.2) is 10.2 Å². The first-order valence-electron chi connectivity index (χ1n) is 8.23. The van der Waals surface area contributed by atoms with Crippen molar-refractivity contribution in [3.05, 3.63) is 82.6 Å². The van der Waals surface area contributed by atoms with E-state index in [-0.39, 0.29) is 17.2 Å². The standard InChI is InChI=1S/C20H15FN4O2/c1-11-17-18(14(10-22)19(23)27-20(17)25-24-11)12-7-8-15(21)16(9-12)26-13-5-3-2-4-6-13/h2-9,18H,23H2,1H3,(H,24,25)/t18-/m1/s1. The molecule has 2 aromatic carbocycles. The first-order valence-corrected chi connectivity index (χ1v) is 8.23. The van der Waals surface area contributed by atoms with Gasteiger partial charge in [-0.15, -0.1) is 5.10 Å². The molecule has 0 spiro atoms. The Balaban J connectivity index is 1.82. The van der Waals surface area contributed by atoms with E-state index in [0.29, 0.717) is 22.8 Å². The third-order valence-electron chi connectivity index (χ3n) is 4.39. The van der Waals surface area contributed by atoms with Gasteiger partial charge in [-0.1, -0.05) is 24.3 Å². The summed E-state index contributed by atoms with van der Waals surface area (Å²) in [6, 6.07) is 15.5. The molecule has 1 aliphatic heterocycles. The fourth-order valence-electron chi connectivity index (χ4n) is 3.13. The van der Waals surface area contributed by atoms with E-state index in [9.17, 15) is 9.65 Å². The summed E-state index contributed by atoms with van der Waals surface area (Å²) in [6.45, 7) is 1.82. The van der Waals surface area contributed by atoms with Crippen molar-refractivity contribution >= 4 is 0 Å². The molecule has 1 aromatic heterocycles. The van der Waals surface area contributed by atoms with Gasteiger partial charge in [0.25, 0.3) is 0 Å². The summed E-state index contributed by atoms with van der Waals surface area (Å²) in [7, 11) is 0. The lowest BCUT2D eigenvalue weighted by molar-refractivity contribution is 0.378. The average molecular weight is 362 g/mol. The van der Waals surface area contributed by atoms with Crippen LogP contribution in [0, 0.1) is 24.1 Å². The van der Waals surface area contributed by atoms with Crippen molar-refractivity contribution in [2.45, 2.75) is 12.8 Å². The van der Waals surface area contributed by atoms with E-state index < -0.39 is 11.7 Å². The molecular formula is C20H15FN4O2. The van der Waals surface area contributed by atoms with Crippen LogP contribution in [0.3, 0.4) is 0 Å². The van der Waals surface area contributed by atoms with E-state index in [4.69, 9.17) is 15.2 Å². The van der Waals surface area contributed by atoms with Crippen LogP contribution in [0.1, 0.15) is 22.7 Å². The predicted molar refractivity (Wildman–Crippen MR) is 95.5 cm³/mol. The molecule has 0 bridgehead atoms. The number of nitriles is 1. The maximum absolute atomic E-state index is 14.3. The molecule has 2 heterocycles. The minimum atomic E-state index is -0.531. The molecule has 3 aromatic rings. The highest BCUT2D eigenvalue weighted by Gasteiger charge is 2.34. The molecule has 0 fully saturated rings. The number of fused-ring (bicyclic) bond motifs is 1. The summed E-state index contributed by atoms with van der Waals surface area (Å²) in [5, 5.41) is 16.5. The zero-order chi connectivity index (χ0) is 19.0. The molecule has 0 saturated carbocycles. The maximum Gasteiger partial charge on any atom is 0.244 e. The number of nitrogens with zero attached hydrogens (tertiary/aromatic N) is 2. The van der Waals surface area contributed by atoms with Crippen molar-refractivity contribution in [2.24, 2.45) is 5.73 Å². The minimum Gasteiger partial charge on any atom is -0.454 e. The van der Waals surface area contributed by atoms with Gasteiger partial charge in [0.1, 0.15) is 17.4 Å². The number of nitrogens with one attached hydrogen (secondary N) is 1. The van der Waals surface area contributed by atoms with Gasteiger partial charge < -0.3 is 15.2 Å². The van der Waals surface area contributed by atoms with Crippen LogP contribution in [0.15, 0.2) is 60.0 Å². The smallest absolute Gasteiger partial charge is 0.244 e. The molecule has 0 saturated heterocycles. The predicted octanol–water partition coefficient (Wildman–Crippen LogP) is 3.87. The molecule has 6 nitrogen and oxygen atoms in total. The molecule has 0 aliphatic carbocycles. The summed E-state index contributed by atoms with van der Waals surface area (Å²) >= 11 is 0. The number of para-hydroxylation sites is 1. The van der Waals surface area contributed by atoms with Gasteiger partial charge in [0.2, 0.25) is 11.8 Å². The Labute approximate surface area is 154 Å². The fraction of sp³-hybridized carbons (Fsp3) is 0.100. The number of H-pyrrole nitrogens is 1. The monoisotopic (exact) mass is 362 g/mol. The van der Waals surface area contributed by atoms with Crippen LogP contribution in [0.4, 0.5) is 4.39 Å². The Bertz CT molecular complexity index is 1080. The molecule has 27 heavy (non-hydrogen) atoms. The number of halogens is 1. The highest BCUT2D eigenvalue weighted by molar-refractivity contribution is 5.56. The number of aromatic amines is 1. The molecule has 0 unspecified atom stereocenters. The molecule has 0 amide bonds. The van der Waals surface area contributed by atoms with Crippen LogP contribution in [0.5, 0.6) is 17.4 Å². The second kappa shape index (κ2) is 6.50. The maximum atomic E-state index is 14.3. The van der Waals surface area contributed by atoms with Gasteiger partial charge in [0.05, 0.1) is 5.92 Å². The zero-order valence-electron chi connectivity index (χ0n) is 14.4. The lowest BCUT2D eigenvalue weighted by Crippen LogP contribution is -2.21. The molecule has 7 heteroatoms. The number of aryl methyl sites for hydroxylation is 1. The molecular weight excluding hydrogens is 347 g/mol. The molecule has 1 aliphatic rings. The minimum absolute atomic E-state index is 0.0173. The second-order valence-corrected chi connectivity index (χ2v) is 6.10. The van der Waals surface area contributed by atoms with E-state index >= 15 is 0 Å². The number of aromatic nitrogens is 2. The van der Waals surface area contributed by atoms with Crippen LogP contribution in [0.25, 0.3) is 0 Å². The second-order valence-electron chi connectivity index (χ2n) is 6.10. The van der Waals surface area contributed by atoms with E-state index in [2.05, 4.69) is 16.3 Å². The quantitative estimate of drug-likeness (QED) is 0.737. The number of hydrogen-bond donors (Lipinski definition) is 2. The third kappa shape index (κ3) is 2.87. The van der Waals surface area contributed by atoms with Crippen molar-refractivity contribution in [2.75, 3.05) is 0 Å². The molecule has 3 N–H and O–H groups in total. The molecule has 4 rings (SSSR count). The number of nitrogens with two attached hydrogens (primary N) is 1. The molecule has 0 radical (unpaired) electrons. The Morgan fingerprint density at radius 3 is 2.78 bits per heavy atom.